The molecule has 0 heterocycles. The van der Waals surface area contributed by atoms with Gasteiger partial charge in [0.2, 0.25) is 0 Å². The Balaban J connectivity index is 3.37. The van der Waals surface area contributed by atoms with Gasteiger partial charge in [0.05, 0.1) is 13.2 Å². The Labute approximate surface area is 77.1 Å². The van der Waals surface area contributed by atoms with Crippen LogP contribution in [0.1, 0.15) is 0 Å². The summed E-state index contributed by atoms with van der Waals surface area (Å²) in [7, 11) is 0. The third kappa shape index (κ3) is 7.66. The Morgan fingerprint density at radius 1 is 1.23 bits per heavy atom. The molecule has 0 unspecified atom stereocenters. The zero-order chi connectivity index (χ0) is 9.94. The Morgan fingerprint density at radius 2 is 1.85 bits per heavy atom. The van der Waals surface area contributed by atoms with Crippen molar-refractivity contribution >= 4 is 6.47 Å². The molecule has 0 saturated carbocycles. The number of carbonyl (C=O) groups is 1. The van der Waals surface area contributed by atoms with Gasteiger partial charge in [-0.2, -0.15) is 5.48 Å². The van der Waals surface area contributed by atoms with Crippen LogP contribution < -0.4 is 5.48 Å². The monoisotopic (exact) mass is 192 g/mol. The number of rotatable bonds is 9. The summed E-state index contributed by atoms with van der Waals surface area (Å²) in [5, 5.41) is 17.3. The molecule has 13 heavy (non-hydrogen) atoms. The minimum atomic E-state index is 0.0501. The van der Waals surface area contributed by atoms with Gasteiger partial charge in [0.15, 0.2) is 0 Å². The smallest absolute Gasteiger partial charge is 0.312 e. The fourth-order valence-corrected chi connectivity index (χ4v) is 0.915. The fraction of sp³-hybridized carbons (Fsp3) is 0.857. The molecule has 0 aliphatic rings. The minimum absolute atomic E-state index is 0.0501. The van der Waals surface area contributed by atoms with Crippen molar-refractivity contribution < 1.29 is 19.8 Å². The Kier molecular flexibility index (Phi) is 8.90. The number of nitrogens with one attached hydrogen (secondary N) is 1. The van der Waals surface area contributed by atoms with E-state index in [1.165, 1.54) is 0 Å². The highest BCUT2D eigenvalue weighted by Crippen LogP contribution is 1.84. The van der Waals surface area contributed by atoms with Gasteiger partial charge >= 0.3 is 6.47 Å². The zero-order valence-corrected chi connectivity index (χ0v) is 7.48. The van der Waals surface area contributed by atoms with Gasteiger partial charge in [0, 0.05) is 26.2 Å². The van der Waals surface area contributed by atoms with E-state index in [4.69, 9.17) is 10.2 Å². The molecule has 0 spiro atoms. The van der Waals surface area contributed by atoms with Gasteiger partial charge in [-0.25, -0.2) is 0 Å². The second kappa shape index (κ2) is 9.40. The van der Waals surface area contributed by atoms with E-state index in [9.17, 15) is 4.79 Å². The van der Waals surface area contributed by atoms with Crippen LogP contribution in [0.4, 0.5) is 0 Å². The first-order valence-corrected chi connectivity index (χ1v) is 4.11. The van der Waals surface area contributed by atoms with E-state index in [1.807, 2.05) is 4.90 Å². The third-order valence-electron chi connectivity index (χ3n) is 1.49. The molecule has 78 valence electrons. The summed E-state index contributed by atoms with van der Waals surface area (Å²) < 4.78 is 0. The maximum Gasteiger partial charge on any atom is 0.312 e. The van der Waals surface area contributed by atoms with Crippen molar-refractivity contribution in [1.82, 2.24) is 10.4 Å². The number of hydroxylamine groups is 1. The van der Waals surface area contributed by atoms with Gasteiger partial charge in [0.1, 0.15) is 0 Å². The largest absolute Gasteiger partial charge is 0.395 e. The molecule has 0 saturated heterocycles. The van der Waals surface area contributed by atoms with Gasteiger partial charge in [-0.05, 0) is 0 Å². The molecule has 0 aromatic carbocycles. The first kappa shape index (κ1) is 12.3. The van der Waals surface area contributed by atoms with E-state index in [2.05, 4.69) is 10.3 Å². The second-order valence-corrected chi connectivity index (χ2v) is 2.40. The van der Waals surface area contributed by atoms with Gasteiger partial charge < -0.3 is 15.1 Å². The molecular formula is C7H16N2O4. The van der Waals surface area contributed by atoms with Crippen molar-refractivity contribution in [3.63, 3.8) is 0 Å². The van der Waals surface area contributed by atoms with Gasteiger partial charge in [0.25, 0.3) is 0 Å². The van der Waals surface area contributed by atoms with Crippen molar-refractivity contribution in [3.05, 3.63) is 0 Å². The fourth-order valence-electron chi connectivity index (χ4n) is 0.915. The molecule has 0 aliphatic carbocycles. The first-order valence-electron chi connectivity index (χ1n) is 4.11. The quantitative estimate of drug-likeness (QED) is 0.222. The highest BCUT2D eigenvalue weighted by atomic mass is 16.7. The lowest BCUT2D eigenvalue weighted by Crippen LogP contribution is -2.35. The highest BCUT2D eigenvalue weighted by Gasteiger charge is 2.01. The van der Waals surface area contributed by atoms with Crippen LogP contribution in [0.2, 0.25) is 0 Å². The number of hydrogen-bond donors (Lipinski definition) is 3. The highest BCUT2D eigenvalue weighted by molar-refractivity contribution is 5.36. The summed E-state index contributed by atoms with van der Waals surface area (Å²) in [4.78, 5) is 15.8. The van der Waals surface area contributed by atoms with Crippen LogP contribution >= 0.6 is 0 Å². The molecule has 3 N–H and O–H groups in total. The molecule has 0 aliphatic heterocycles. The van der Waals surface area contributed by atoms with E-state index in [-0.39, 0.29) is 13.2 Å². The maximum atomic E-state index is 9.72. The molecule has 0 atom stereocenters. The number of carbonyl (C=O) groups excluding carboxylic acids is 1. The third-order valence-corrected chi connectivity index (χ3v) is 1.49. The van der Waals surface area contributed by atoms with E-state index < -0.39 is 0 Å². The number of aliphatic hydroxyl groups is 2. The van der Waals surface area contributed by atoms with Crippen molar-refractivity contribution in [1.29, 1.82) is 0 Å². The van der Waals surface area contributed by atoms with Gasteiger partial charge in [-0.3, -0.25) is 9.69 Å². The molecular weight excluding hydrogens is 176 g/mol. The number of hydrogen-bond acceptors (Lipinski definition) is 6. The van der Waals surface area contributed by atoms with E-state index >= 15 is 0 Å². The summed E-state index contributed by atoms with van der Waals surface area (Å²) in [6, 6.07) is 0. The zero-order valence-electron chi connectivity index (χ0n) is 7.48. The van der Waals surface area contributed by atoms with Crippen LogP contribution in [0.25, 0.3) is 0 Å². The Morgan fingerprint density at radius 3 is 2.31 bits per heavy atom. The van der Waals surface area contributed by atoms with Crippen LogP contribution in [0.15, 0.2) is 0 Å². The lowest BCUT2D eigenvalue weighted by molar-refractivity contribution is -0.135. The molecule has 6 nitrogen and oxygen atoms in total. The molecule has 6 heteroatoms. The SMILES string of the molecule is O=CONCCN(CCO)CCO. The standard InChI is InChI=1S/C7H16N2O4/c10-5-3-9(4-6-11)2-1-8-13-7-12/h7-8,10-11H,1-6H2. The van der Waals surface area contributed by atoms with Crippen molar-refractivity contribution in [3.8, 4) is 0 Å². The molecule has 0 rings (SSSR count). The van der Waals surface area contributed by atoms with Crippen LogP contribution in [-0.4, -0.2) is 61.0 Å². The topological polar surface area (TPSA) is 82.0 Å². The molecule has 0 bridgehead atoms. The van der Waals surface area contributed by atoms with E-state index in [0.29, 0.717) is 32.7 Å². The predicted molar refractivity (Wildman–Crippen MR) is 45.8 cm³/mol. The molecule has 0 fully saturated rings. The van der Waals surface area contributed by atoms with Crippen LogP contribution in [0.5, 0.6) is 0 Å². The predicted octanol–water partition coefficient (Wildman–Crippen LogP) is -2.05. The summed E-state index contributed by atoms with van der Waals surface area (Å²) >= 11 is 0. The van der Waals surface area contributed by atoms with E-state index in [1.54, 1.807) is 0 Å². The van der Waals surface area contributed by atoms with Crippen LogP contribution in [0, 0.1) is 0 Å². The van der Waals surface area contributed by atoms with Crippen LogP contribution in [-0.2, 0) is 9.63 Å². The van der Waals surface area contributed by atoms with Crippen molar-refractivity contribution in [2.75, 3.05) is 39.4 Å². The van der Waals surface area contributed by atoms with Crippen LogP contribution in [0.3, 0.4) is 0 Å². The number of aliphatic hydroxyl groups excluding tert-OH is 2. The van der Waals surface area contributed by atoms with Gasteiger partial charge in [-0.1, -0.05) is 0 Å². The summed E-state index contributed by atoms with van der Waals surface area (Å²) in [5.74, 6) is 0. The normalized spacial score (nSPS) is 10.4. The maximum absolute atomic E-state index is 9.72. The molecule has 0 amide bonds. The first-order chi connectivity index (χ1) is 6.35. The molecule has 0 aromatic rings. The minimum Gasteiger partial charge on any atom is -0.395 e. The summed E-state index contributed by atoms with van der Waals surface area (Å²) in [6.45, 7) is 2.49. The lowest BCUT2D eigenvalue weighted by atomic mass is 10.4. The average Bonchev–Trinajstić information content (AvgIpc) is 2.13. The lowest BCUT2D eigenvalue weighted by Gasteiger charge is -2.19. The van der Waals surface area contributed by atoms with E-state index in [0.717, 1.165) is 0 Å². The van der Waals surface area contributed by atoms with Crippen molar-refractivity contribution in [2.45, 2.75) is 0 Å². The summed E-state index contributed by atoms with van der Waals surface area (Å²) in [5.41, 5.74) is 2.41. The summed E-state index contributed by atoms with van der Waals surface area (Å²) in [6.07, 6.45) is 0. The molecule has 0 aromatic heterocycles. The van der Waals surface area contributed by atoms with Crippen molar-refractivity contribution in [2.24, 2.45) is 0 Å². The second-order valence-electron chi connectivity index (χ2n) is 2.40. The Hall–Kier alpha value is -0.690. The number of nitrogens with zero attached hydrogens (tertiary/aromatic N) is 1. The Bertz CT molecular complexity index is 117. The average molecular weight is 192 g/mol. The molecule has 0 radical (unpaired) electrons. The van der Waals surface area contributed by atoms with Gasteiger partial charge in [-0.15, -0.1) is 0 Å².